The summed E-state index contributed by atoms with van der Waals surface area (Å²) in [6.45, 7) is 2.10. The quantitative estimate of drug-likeness (QED) is 0.668. The number of hydrogen-bond donors (Lipinski definition) is 2. The molecule has 0 saturated carbocycles. The van der Waals surface area contributed by atoms with Crippen molar-refractivity contribution in [2.75, 3.05) is 0 Å². The number of aromatic nitrogens is 3. The number of hydrogen-bond acceptors (Lipinski definition) is 4. The van der Waals surface area contributed by atoms with Gasteiger partial charge in [-0.15, -0.1) is 5.10 Å². The molecule has 1 aromatic heterocycles. The summed E-state index contributed by atoms with van der Waals surface area (Å²) in [5, 5.41) is 7.61. The van der Waals surface area contributed by atoms with Crippen molar-refractivity contribution in [3.8, 4) is 0 Å². The fourth-order valence-corrected chi connectivity index (χ4v) is 1.18. The van der Waals surface area contributed by atoms with Gasteiger partial charge in [-0.3, -0.25) is 4.79 Å². The number of amides is 1. The lowest BCUT2D eigenvalue weighted by Crippen LogP contribution is -2.19. The molecular formula is C8H15N5O. The Balaban J connectivity index is 2.62. The van der Waals surface area contributed by atoms with Gasteiger partial charge >= 0.3 is 0 Å². The van der Waals surface area contributed by atoms with Gasteiger partial charge in [-0.1, -0.05) is 18.6 Å². The SMILES string of the molecule is CCCC(N)c1cn(CC(N)=O)nn1. The number of carbonyl (C=O) groups excluding carboxylic acids is 1. The summed E-state index contributed by atoms with van der Waals surface area (Å²) >= 11 is 0. The second kappa shape index (κ2) is 4.71. The van der Waals surface area contributed by atoms with Crippen LogP contribution in [0.25, 0.3) is 0 Å². The van der Waals surface area contributed by atoms with Crippen LogP contribution < -0.4 is 11.5 Å². The standard InChI is InChI=1S/C8H15N5O/c1-2-3-6(9)7-4-13(12-11-7)5-8(10)14/h4,6H,2-3,5,9H2,1H3,(H2,10,14). The highest BCUT2D eigenvalue weighted by Gasteiger charge is 2.09. The van der Waals surface area contributed by atoms with Crippen LogP contribution in [-0.4, -0.2) is 20.9 Å². The van der Waals surface area contributed by atoms with E-state index in [1.54, 1.807) is 6.20 Å². The average Bonchev–Trinajstić information content (AvgIpc) is 2.52. The van der Waals surface area contributed by atoms with Crippen molar-refractivity contribution in [3.63, 3.8) is 0 Å². The normalized spacial score (nSPS) is 12.7. The second-order valence-electron chi connectivity index (χ2n) is 3.20. The Morgan fingerprint density at radius 1 is 1.71 bits per heavy atom. The maximum Gasteiger partial charge on any atom is 0.239 e. The first-order valence-corrected chi connectivity index (χ1v) is 4.57. The molecule has 0 aromatic carbocycles. The molecule has 1 atom stereocenters. The highest BCUT2D eigenvalue weighted by atomic mass is 16.1. The molecule has 4 N–H and O–H groups in total. The average molecular weight is 197 g/mol. The Kier molecular flexibility index (Phi) is 3.58. The maximum absolute atomic E-state index is 10.6. The lowest BCUT2D eigenvalue weighted by Gasteiger charge is -2.04. The Morgan fingerprint density at radius 2 is 2.43 bits per heavy atom. The number of primary amides is 1. The van der Waals surface area contributed by atoms with Crippen molar-refractivity contribution in [3.05, 3.63) is 11.9 Å². The van der Waals surface area contributed by atoms with Gasteiger partial charge in [0.1, 0.15) is 6.54 Å². The lowest BCUT2D eigenvalue weighted by atomic mass is 10.1. The summed E-state index contributed by atoms with van der Waals surface area (Å²) in [6.07, 6.45) is 3.50. The van der Waals surface area contributed by atoms with E-state index in [2.05, 4.69) is 10.3 Å². The van der Waals surface area contributed by atoms with Gasteiger partial charge in [0.2, 0.25) is 5.91 Å². The predicted molar refractivity (Wildman–Crippen MR) is 51.1 cm³/mol. The molecule has 1 rings (SSSR count). The third kappa shape index (κ3) is 2.81. The zero-order valence-corrected chi connectivity index (χ0v) is 8.18. The number of carbonyl (C=O) groups is 1. The molecule has 0 fully saturated rings. The van der Waals surface area contributed by atoms with Gasteiger partial charge in [-0.25, -0.2) is 4.68 Å². The van der Waals surface area contributed by atoms with Crippen LogP contribution >= 0.6 is 0 Å². The lowest BCUT2D eigenvalue weighted by molar-refractivity contribution is -0.118. The smallest absolute Gasteiger partial charge is 0.239 e. The molecule has 1 amide bonds. The van der Waals surface area contributed by atoms with Gasteiger partial charge in [0, 0.05) is 0 Å². The van der Waals surface area contributed by atoms with E-state index in [1.165, 1.54) is 4.68 Å². The molecule has 78 valence electrons. The molecule has 1 unspecified atom stereocenters. The van der Waals surface area contributed by atoms with Crippen LogP contribution in [-0.2, 0) is 11.3 Å². The van der Waals surface area contributed by atoms with Gasteiger partial charge < -0.3 is 11.5 Å². The Hall–Kier alpha value is -1.43. The van der Waals surface area contributed by atoms with Crippen molar-refractivity contribution in [1.82, 2.24) is 15.0 Å². The Morgan fingerprint density at radius 3 is 3.00 bits per heavy atom. The molecule has 1 heterocycles. The fourth-order valence-electron chi connectivity index (χ4n) is 1.18. The highest BCUT2D eigenvalue weighted by Crippen LogP contribution is 2.11. The van der Waals surface area contributed by atoms with E-state index in [-0.39, 0.29) is 12.6 Å². The summed E-state index contributed by atoms with van der Waals surface area (Å²) in [4.78, 5) is 10.6. The van der Waals surface area contributed by atoms with Crippen LogP contribution in [0.3, 0.4) is 0 Å². The first-order valence-electron chi connectivity index (χ1n) is 4.57. The van der Waals surface area contributed by atoms with Gasteiger partial charge in [0.05, 0.1) is 17.9 Å². The molecule has 6 heteroatoms. The van der Waals surface area contributed by atoms with E-state index < -0.39 is 5.91 Å². The topological polar surface area (TPSA) is 99.8 Å². The van der Waals surface area contributed by atoms with Crippen LogP contribution in [0.4, 0.5) is 0 Å². The van der Waals surface area contributed by atoms with Crippen molar-refractivity contribution in [2.24, 2.45) is 11.5 Å². The molecule has 14 heavy (non-hydrogen) atoms. The highest BCUT2D eigenvalue weighted by molar-refractivity contribution is 5.73. The van der Waals surface area contributed by atoms with Crippen molar-refractivity contribution < 1.29 is 4.79 Å². The summed E-state index contributed by atoms with van der Waals surface area (Å²) in [5.74, 6) is -0.439. The number of rotatable bonds is 5. The van der Waals surface area contributed by atoms with Gasteiger partial charge in [0.25, 0.3) is 0 Å². The molecule has 0 spiro atoms. The fraction of sp³-hybridized carbons (Fsp3) is 0.625. The Bertz CT molecular complexity index is 308. The van der Waals surface area contributed by atoms with Crippen LogP contribution in [0.2, 0.25) is 0 Å². The predicted octanol–water partition coefficient (Wildman–Crippen LogP) is -0.437. The Labute approximate surface area is 82.3 Å². The molecule has 0 saturated heterocycles. The molecule has 1 aromatic rings. The van der Waals surface area contributed by atoms with Crippen molar-refractivity contribution >= 4 is 5.91 Å². The van der Waals surface area contributed by atoms with Crippen LogP contribution in [0, 0.1) is 0 Å². The van der Waals surface area contributed by atoms with E-state index in [9.17, 15) is 4.79 Å². The zero-order chi connectivity index (χ0) is 10.6. The first-order chi connectivity index (χ1) is 6.63. The van der Waals surface area contributed by atoms with Crippen LogP contribution in [0.15, 0.2) is 6.20 Å². The van der Waals surface area contributed by atoms with E-state index in [4.69, 9.17) is 11.5 Å². The number of nitrogens with two attached hydrogens (primary N) is 2. The molecule has 0 bridgehead atoms. The molecule has 6 nitrogen and oxygen atoms in total. The maximum atomic E-state index is 10.6. The van der Waals surface area contributed by atoms with E-state index in [1.807, 2.05) is 6.92 Å². The van der Waals surface area contributed by atoms with Gasteiger partial charge in [-0.05, 0) is 6.42 Å². The largest absolute Gasteiger partial charge is 0.368 e. The van der Waals surface area contributed by atoms with Crippen molar-refractivity contribution in [2.45, 2.75) is 32.4 Å². The third-order valence-corrected chi connectivity index (χ3v) is 1.85. The van der Waals surface area contributed by atoms with Crippen molar-refractivity contribution in [1.29, 1.82) is 0 Å². The summed E-state index contributed by atoms with van der Waals surface area (Å²) in [5.41, 5.74) is 11.5. The molecule has 0 aliphatic carbocycles. The summed E-state index contributed by atoms with van der Waals surface area (Å²) in [7, 11) is 0. The van der Waals surface area contributed by atoms with Crippen LogP contribution in [0.1, 0.15) is 31.5 Å². The zero-order valence-electron chi connectivity index (χ0n) is 8.18. The molecule has 0 aliphatic heterocycles. The third-order valence-electron chi connectivity index (χ3n) is 1.85. The molecular weight excluding hydrogens is 182 g/mol. The minimum absolute atomic E-state index is 0.0475. The summed E-state index contributed by atoms with van der Waals surface area (Å²) in [6, 6.07) is -0.110. The van der Waals surface area contributed by atoms with E-state index >= 15 is 0 Å². The first kappa shape index (κ1) is 10.6. The van der Waals surface area contributed by atoms with Gasteiger partial charge in [0.15, 0.2) is 0 Å². The van der Waals surface area contributed by atoms with E-state index in [0.717, 1.165) is 12.8 Å². The second-order valence-corrected chi connectivity index (χ2v) is 3.20. The monoisotopic (exact) mass is 197 g/mol. The van der Waals surface area contributed by atoms with Crippen LogP contribution in [0.5, 0.6) is 0 Å². The molecule has 0 aliphatic rings. The van der Waals surface area contributed by atoms with E-state index in [0.29, 0.717) is 5.69 Å². The van der Waals surface area contributed by atoms with Gasteiger partial charge in [-0.2, -0.15) is 0 Å². The number of nitrogens with zero attached hydrogens (tertiary/aromatic N) is 3. The minimum atomic E-state index is -0.439. The minimum Gasteiger partial charge on any atom is -0.368 e. The molecule has 0 radical (unpaired) electrons. The summed E-state index contributed by atoms with van der Waals surface area (Å²) < 4.78 is 1.40.